The van der Waals surface area contributed by atoms with Crippen LogP contribution in [-0.4, -0.2) is 115 Å². The first-order valence-corrected chi connectivity index (χ1v) is 39.8. The van der Waals surface area contributed by atoms with Crippen molar-refractivity contribution in [3.05, 3.63) is 187 Å². The Morgan fingerprint density at radius 2 is 1.03 bits per heavy atom. The lowest BCUT2D eigenvalue weighted by Gasteiger charge is -2.09. The number of nitrogens with zero attached hydrogens (tertiary/aromatic N) is 9. The summed E-state index contributed by atoms with van der Waals surface area (Å²) in [4.78, 5) is 66.7. The molecule has 11 N–H and O–H groups in total. The second-order valence-corrected chi connectivity index (χ2v) is 31.7. The van der Waals surface area contributed by atoms with E-state index in [1.54, 1.807) is 136 Å². The van der Waals surface area contributed by atoms with Gasteiger partial charge in [-0.3, -0.25) is 19.4 Å². The average molecular weight is 1730 g/mol. The van der Waals surface area contributed by atoms with Gasteiger partial charge in [-0.1, -0.05) is 96.2 Å². The van der Waals surface area contributed by atoms with Gasteiger partial charge in [0.25, 0.3) is 14.1 Å². The summed E-state index contributed by atoms with van der Waals surface area (Å²) in [7, 11) is -0.683. The molecule has 0 aliphatic rings. The Morgan fingerprint density at radius 1 is 0.664 bits per heavy atom. The first-order chi connectivity index (χ1) is 50.0. The van der Waals surface area contributed by atoms with E-state index < -0.39 is 43.3 Å². The number of nitroso groups, excluding NO2 is 1. The van der Waals surface area contributed by atoms with Crippen molar-refractivity contribution in [1.29, 1.82) is 0 Å². The summed E-state index contributed by atoms with van der Waals surface area (Å²) >= 11 is 17.1. The Morgan fingerprint density at radius 3 is 1.31 bits per heavy atom. The van der Waals surface area contributed by atoms with E-state index in [1.165, 1.54) is 54.5 Å². The van der Waals surface area contributed by atoms with Gasteiger partial charge in [-0.2, -0.15) is 47.1 Å². The van der Waals surface area contributed by atoms with Gasteiger partial charge in [0, 0.05) is 84.8 Å². The maximum Gasteiger partial charge on any atom is 0.490 e. The molecule has 0 radical (unpaired) electrons. The molecule has 0 unspecified atom stereocenters. The van der Waals surface area contributed by atoms with Gasteiger partial charge < -0.3 is 31.3 Å². The van der Waals surface area contributed by atoms with Gasteiger partial charge in [0.1, 0.15) is 25.7 Å². The van der Waals surface area contributed by atoms with Gasteiger partial charge in [0.05, 0.1) is 54.5 Å². The van der Waals surface area contributed by atoms with E-state index in [2.05, 4.69) is 86.5 Å². The smallest absolute Gasteiger partial charge is 0.475 e. The van der Waals surface area contributed by atoms with Crippen molar-refractivity contribution >= 4 is 171 Å². The molecule has 11 aromatic rings. The maximum absolute atomic E-state index is 11.4. The number of aryl methyl sites for hydroxylation is 14. The number of nitrogens with one attached hydrogen (secondary N) is 1. The molecule has 0 saturated heterocycles. The van der Waals surface area contributed by atoms with Crippen molar-refractivity contribution in [2.24, 2.45) is 16.8 Å². The van der Waals surface area contributed by atoms with Crippen LogP contribution in [0.2, 0.25) is 0 Å². The van der Waals surface area contributed by atoms with Crippen LogP contribution in [0.3, 0.4) is 0 Å². The van der Waals surface area contributed by atoms with Crippen molar-refractivity contribution in [2.45, 2.75) is 162 Å². The minimum Gasteiger partial charge on any atom is -0.475 e. The highest BCUT2D eigenvalue weighted by molar-refractivity contribution is 8.13. The number of Topliss-reactive ketones (excluding diaryl/α,β-unsaturated/α-hetero) is 1. The predicted molar refractivity (Wildman–Crippen MR) is 441 cm³/mol. The predicted octanol–water partition coefficient (Wildman–Crippen LogP) is 15.8. The molecule has 0 amide bonds. The molecular weight excluding hydrogens is 1630 g/mol. The fraction of sp³-hybridized carbons (Fsp3) is 0.348. The van der Waals surface area contributed by atoms with Crippen LogP contribution in [0.5, 0.6) is 0 Å². The molecule has 0 aliphatic heterocycles. The number of carbonyl (C=O) groups is 5. The molecule has 0 spiro atoms. The number of carboxylic acids is 1. The van der Waals surface area contributed by atoms with Crippen LogP contribution in [0.1, 0.15) is 136 Å². The largest absolute Gasteiger partial charge is 0.490 e. The maximum atomic E-state index is 11.4. The molecule has 28 nitrogen and oxygen atoms in total. The van der Waals surface area contributed by atoms with Crippen molar-refractivity contribution < 1.29 is 78.0 Å². The average Bonchev–Trinajstić information content (AvgIpc) is 1.40. The number of carbonyl (C=O) groups excluding carboxylic acids is 4. The van der Waals surface area contributed by atoms with Crippen LogP contribution in [0, 0.1) is 109 Å². The lowest BCUT2D eigenvalue weighted by molar-refractivity contribution is -0.639. The fourth-order valence-electron chi connectivity index (χ4n) is 8.46. The summed E-state index contributed by atoms with van der Waals surface area (Å²) < 4.78 is 91.6. The number of ether oxygens (including phenoxy) is 1. The molecule has 0 atom stereocenters. The Kier molecular flexibility index (Phi) is 52.5. The summed E-state index contributed by atoms with van der Waals surface area (Å²) in [6, 6.07) is 11.6. The molecule has 0 bridgehead atoms. The second kappa shape index (κ2) is 53.5. The first kappa shape index (κ1) is 108. The number of ketones is 1. The summed E-state index contributed by atoms with van der Waals surface area (Å²) in [5.41, 5.74) is 27.1. The molecule has 8 aromatic heterocycles. The van der Waals surface area contributed by atoms with Gasteiger partial charge >= 0.3 is 34.2 Å². The zero-order chi connectivity index (χ0) is 83.9. The molecule has 8 heterocycles. The third kappa shape index (κ3) is 40.5. The number of thiocarbonyl (C=S) groups is 1. The molecular formula is C69H98Cl2F3N14O14S8+. The highest BCUT2D eigenvalue weighted by Crippen LogP contribution is 2.29. The number of aliphatic carboxylic acids is 1. The van der Waals surface area contributed by atoms with E-state index in [4.69, 9.17) is 65.4 Å². The molecule has 11 rings (SSSR count). The standard InChI is InChI=1S/C10H14.C9H11ClO2S.C9H13NO3S.C8H8N2OS.C6H5N3OS.C6H7N3S.C4H7N2S.C4H5NS.C4H6O3.C2H3ClO.C2HF3O2.C2H5NS.CH5NO.2CH4/c1-7-5-8(2)10(4)9(3)6-7;1-6-4-7(2)9(8(3)5-6)13(10,11)12;1-6-4-7(2)9(8(3)5-6)14(11,12)13-10;1-5-7(6(2)11)8-10(9-5)3-4-12-8;1-4-5(8-10)6-9(7-4)2-3-11-6;1-4-5(7)6-9(8-4)2-3-10-6;1-4-6(5)2-3-7-4;1-4-5-2-3-6-4;1-3(5)7-4(2)6;3-1-2-4;3-2(4,5)1(6)7;1-2(3)4;1-2-3;;/h5-6H,1-4H3;4-5H,1-3H3;4-5H,10H2,1-3H3;3-4H,1-2H3;2-3H,1H3;2-3H,7H2,1H3;2-3H,5H2,1H3;2-3H,1H3;1-2H3;2H,1H2;(H,6,7);1H3,(H2,3,4);2-3H,1H3;2*1H4/q;;;;;;+1;;;;;;;;. The highest BCUT2D eigenvalue weighted by atomic mass is 35.7. The number of nitrogen functional groups attached to an aromatic ring is 2. The number of aldehydes is 1. The monoisotopic (exact) mass is 1730 g/mol. The van der Waals surface area contributed by atoms with Gasteiger partial charge in [0.15, 0.2) is 11.5 Å². The highest BCUT2D eigenvalue weighted by Gasteiger charge is 2.38. The van der Waals surface area contributed by atoms with Crippen LogP contribution in [0.4, 0.5) is 24.5 Å². The van der Waals surface area contributed by atoms with Gasteiger partial charge in [-0.05, 0) is 155 Å². The fourth-order valence-corrected chi connectivity index (χ4v) is 14.6. The number of rotatable bonds is 6. The van der Waals surface area contributed by atoms with E-state index in [9.17, 15) is 49.3 Å². The van der Waals surface area contributed by atoms with Gasteiger partial charge in [-0.25, -0.2) is 38.1 Å². The van der Waals surface area contributed by atoms with Crippen LogP contribution >= 0.6 is 91.2 Å². The Hall–Kier alpha value is -8.42. The van der Waals surface area contributed by atoms with Gasteiger partial charge in [0.2, 0.25) is 6.20 Å². The number of aromatic nitrogens is 8. The molecule has 41 heteroatoms. The number of esters is 2. The molecule has 0 saturated carbocycles. The molecule has 3 aromatic carbocycles. The van der Waals surface area contributed by atoms with Crippen molar-refractivity contribution in [3.63, 3.8) is 0 Å². The molecule has 610 valence electrons. The van der Waals surface area contributed by atoms with E-state index >= 15 is 0 Å². The minimum atomic E-state index is -5.08. The van der Waals surface area contributed by atoms with E-state index in [-0.39, 0.29) is 36.3 Å². The number of fused-ring (bicyclic) bond motifs is 3. The summed E-state index contributed by atoms with van der Waals surface area (Å²) in [5.74, 6) is 6.41. The number of hydrogen-bond acceptors (Lipinski definition) is 28. The molecule has 0 aliphatic carbocycles. The van der Waals surface area contributed by atoms with E-state index in [0.717, 1.165) is 58.3 Å². The Bertz CT molecular complexity index is 4820. The minimum absolute atomic E-state index is 0. The summed E-state index contributed by atoms with van der Waals surface area (Å²) in [6.45, 7) is 34.5. The van der Waals surface area contributed by atoms with Crippen LogP contribution in [-0.2, 0) is 47.4 Å². The quantitative estimate of drug-likeness (QED) is 0.00695. The van der Waals surface area contributed by atoms with Crippen LogP contribution in [0.15, 0.2) is 109 Å². The lowest BCUT2D eigenvalue weighted by Crippen LogP contribution is -2.44. The molecule has 0 fully saturated rings. The number of nitrogens with two attached hydrogens (primary N) is 4. The number of anilines is 1. The van der Waals surface area contributed by atoms with E-state index in [1.807, 2.05) is 105 Å². The zero-order valence-corrected chi connectivity index (χ0v) is 70.8. The number of alkyl halides is 4. The lowest BCUT2D eigenvalue weighted by atomic mass is 10.0. The third-order valence-electron chi connectivity index (χ3n) is 12.6. The normalized spacial score (nSPS) is 9.92. The number of thiazole rings is 5. The van der Waals surface area contributed by atoms with Crippen LogP contribution < -0.4 is 33.4 Å². The Labute approximate surface area is 674 Å². The SMILES string of the molecule is C.C.CC(=O)OC(C)=O.CC(=O)c1c(C)nn2ccsc12.CC(N)=S.CNO.Cc1cc(C)c(C)c(C)c1.Cc1cc(C)c(S(=O)(=O)Cl)c(C)c1.Cc1cc(C)c(S(=O)(=O)ON)c(C)c1.Cc1nccs1.Cc1nn2ccsc2c1N.Cc1nn2ccsc2c1N=O.Cc1scc[n+]1N.O=C(O)C(F)(F)F.O=CCCl. The number of carboxylic acid groups (broad SMARTS) is 1. The van der Waals surface area contributed by atoms with Crippen molar-refractivity contribution in [2.75, 3.05) is 24.5 Å². The van der Waals surface area contributed by atoms with Crippen molar-refractivity contribution in [1.82, 2.24) is 39.3 Å². The number of benzene rings is 3. The summed E-state index contributed by atoms with van der Waals surface area (Å²) in [6.07, 6.45) is 4.77. The molecule has 110 heavy (non-hydrogen) atoms. The summed E-state index contributed by atoms with van der Waals surface area (Å²) in [5, 5.41) is 41.8. The van der Waals surface area contributed by atoms with Gasteiger partial charge in [-0.15, -0.1) is 61.9 Å². The van der Waals surface area contributed by atoms with Crippen molar-refractivity contribution in [3.8, 4) is 0 Å². The first-order valence-electron chi connectivity index (χ1n) is 30.7. The van der Waals surface area contributed by atoms with E-state index in [0.29, 0.717) is 44.9 Å². The zero-order valence-electron chi connectivity index (χ0n) is 62.8. The number of hydroxylamine groups is 1. The topological polar surface area (TPSA) is 427 Å². The second-order valence-electron chi connectivity index (χ2n) is 21.9. The van der Waals surface area contributed by atoms with Crippen LogP contribution in [0.25, 0.3) is 14.5 Å². The number of halogens is 5. The Balaban J connectivity index is -0.000000562. The third-order valence-corrected chi connectivity index (χ3v) is 19.9. The number of hydrogen-bond donors (Lipinski definition) is 7.